The summed E-state index contributed by atoms with van der Waals surface area (Å²) in [5.41, 5.74) is 0. The van der Waals surface area contributed by atoms with Gasteiger partial charge in [0.2, 0.25) is 5.91 Å². The Morgan fingerprint density at radius 1 is 1.89 bits per heavy atom. The van der Waals surface area contributed by atoms with Gasteiger partial charge in [-0.3, -0.25) is 4.79 Å². The maximum absolute atomic E-state index is 10.5. The summed E-state index contributed by atoms with van der Waals surface area (Å²) in [7, 11) is 0. The van der Waals surface area contributed by atoms with E-state index in [0.29, 0.717) is 0 Å². The van der Waals surface area contributed by atoms with Crippen LogP contribution in [-0.2, 0) is 4.79 Å². The minimum absolute atomic E-state index is 0.0151. The number of amides is 1. The third kappa shape index (κ3) is 4.42. The van der Waals surface area contributed by atoms with Crippen LogP contribution in [-0.4, -0.2) is 29.0 Å². The SMILES string of the molecule is C[C@@H](CO)NC(=O)CBr. The molecule has 0 bridgehead atoms. The van der Waals surface area contributed by atoms with Crippen molar-refractivity contribution in [3.05, 3.63) is 0 Å². The first-order valence-corrected chi connectivity index (χ1v) is 3.79. The van der Waals surface area contributed by atoms with Crippen molar-refractivity contribution in [3.8, 4) is 0 Å². The van der Waals surface area contributed by atoms with E-state index in [-0.39, 0.29) is 23.9 Å². The largest absolute Gasteiger partial charge is 0.394 e. The number of aliphatic hydroxyl groups excluding tert-OH is 1. The molecule has 0 unspecified atom stereocenters. The molecular weight excluding hydrogens is 186 g/mol. The zero-order valence-corrected chi connectivity index (χ0v) is 6.81. The number of hydrogen-bond acceptors (Lipinski definition) is 2. The summed E-state index contributed by atoms with van der Waals surface area (Å²) in [5, 5.41) is 11.3. The Kier molecular flexibility index (Phi) is 4.71. The Morgan fingerprint density at radius 2 is 2.44 bits per heavy atom. The maximum atomic E-state index is 10.5. The van der Waals surface area contributed by atoms with Crippen molar-refractivity contribution >= 4 is 21.8 Å². The van der Waals surface area contributed by atoms with Crippen molar-refractivity contribution in [2.75, 3.05) is 11.9 Å². The van der Waals surface area contributed by atoms with Gasteiger partial charge >= 0.3 is 0 Å². The van der Waals surface area contributed by atoms with Crippen LogP contribution in [0.25, 0.3) is 0 Å². The zero-order chi connectivity index (χ0) is 7.28. The lowest BCUT2D eigenvalue weighted by molar-refractivity contribution is -0.119. The lowest BCUT2D eigenvalue weighted by Crippen LogP contribution is -2.35. The van der Waals surface area contributed by atoms with E-state index in [0.717, 1.165) is 0 Å². The molecule has 0 spiro atoms. The summed E-state index contributed by atoms with van der Waals surface area (Å²) in [6.45, 7) is 1.72. The molecule has 0 radical (unpaired) electrons. The number of carbonyl (C=O) groups is 1. The van der Waals surface area contributed by atoms with Crippen molar-refractivity contribution in [1.29, 1.82) is 0 Å². The van der Waals surface area contributed by atoms with E-state index in [1.165, 1.54) is 0 Å². The summed E-state index contributed by atoms with van der Waals surface area (Å²) in [4.78, 5) is 10.5. The van der Waals surface area contributed by atoms with Gasteiger partial charge in [0.05, 0.1) is 11.9 Å². The van der Waals surface area contributed by atoms with Gasteiger partial charge in [0.1, 0.15) is 0 Å². The van der Waals surface area contributed by atoms with Gasteiger partial charge in [-0.05, 0) is 6.92 Å². The van der Waals surface area contributed by atoms with Crippen molar-refractivity contribution in [1.82, 2.24) is 5.32 Å². The Bertz CT molecular complexity index is 97.0. The second-order valence-corrected chi connectivity index (χ2v) is 2.35. The summed E-state index contributed by atoms with van der Waals surface area (Å²) in [6, 6.07) is -0.143. The van der Waals surface area contributed by atoms with E-state index < -0.39 is 0 Å². The van der Waals surface area contributed by atoms with Gasteiger partial charge < -0.3 is 10.4 Å². The second-order valence-electron chi connectivity index (χ2n) is 1.78. The van der Waals surface area contributed by atoms with Gasteiger partial charge in [-0.1, -0.05) is 15.9 Å². The molecule has 0 aliphatic carbocycles. The highest BCUT2D eigenvalue weighted by atomic mass is 79.9. The highest BCUT2D eigenvalue weighted by molar-refractivity contribution is 9.09. The first-order valence-electron chi connectivity index (χ1n) is 2.67. The van der Waals surface area contributed by atoms with E-state index in [4.69, 9.17) is 5.11 Å². The summed E-state index contributed by atoms with van der Waals surface area (Å²) >= 11 is 2.98. The van der Waals surface area contributed by atoms with Gasteiger partial charge in [0.25, 0.3) is 0 Å². The van der Waals surface area contributed by atoms with Crippen molar-refractivity contribution in [2.24, 2.45) is 0 Å². The van der Waals surface area contributed by atoms with E-state index in [2.05, 4.69) is 21.2 Å². The smallest absolute Gasteiger partial charge is 0.230 e. The molecule has 0 heterocycles. The molecule has 0 rings (SSSR count). The van der Waals surface area contributed by atoms with Crippen LogP contribution in [0.2, 0.25) is 0 Å². The number of carbonyl (C=O) groups excluding carboxylic acids is 1. The minimum atomic E-state index is -0.143. The highest BCUT2D eigenvalue weighted by Gasteiger charge is 2.02. The standard InChI is InChI=1S/C5H10BrNO2/c1-4(3-8)7-5(9)2-6/h4,8H,2-3H2,1H3,(H,7,9)/t4-/m0/s1. The first kappa shape index (κ1) is 8.91. The lowest BCUT2D eigenvalue weighted by Gasteiger charge is -2.07. The van der Waals surface area contributed by atoms with Crippen LogP contribution < -0.4 is 5.32 Å². The molecule has 9 heavy (non-hydrogen) atoms. The Morgan fingerprint density at radius 3 is 2.78 bits per heavy atom. The molecule has 0 aromatic heterocycles. The predicted molar refractivity (Wildman–Crippen MR) is 38.5 cm³/mol. The van der Waals surface area contributed by atoms with E-state index in [1.54, 1.807) is 6.92 Å². The molecule has 0 fully saturated rings. The molecule has 0 saturated carbocycles. The van der Waals surface area contributed by atoms with Gasteiger partial charge in [0.15, 0.2) is 0 Å². The molecule has 0 aliphatic rings. The summed E-state index contributed by atoms with van der Waals surface area (Å²) in [5.74, 6) is -0.100. The van der Waals surface area contributed by atoms with Gasteiger partial charge in [0, 0.05) is 6.04 Å². The third-order valence-electron chi connectivity index (χ3n) is 0.803. The number of rotatable bonds is 3. The fourth-order valence-corrected chi connectivity index (χ4v) is 0.521. The van der Waals surface area contributed by atoms with Crippen LogP contribution in [0.15, 0.2) is 0 Å². The van der Waals surface area contributed by atoms with Crippen molar-refractivity contribution < 1.29 is 9.90 Å². The fraction of sp³-hybridized carbons (Fsp3) is 0.800. The topological polar surface area (TPSA) is 49.3 Å². The van der Waals surface area contributed by atoms with Gasteiger partial charge in [-0.25, -0.2) is 0 Å². The third-order valence-corrected chi connectivity index (χ3v) is 1.31. The van der Waals surface area contributed by atoms with Crippen LogP contribution in [0.1, 0.15) is 6.92 Å². The number of aliphatic hydroxyl groups is 1. The number of nitrogens with one attached hydrogen (secondary N) is 1. The Hall–Kier alpha value is -0.0900. The molecule has 0 aromatic rings. The van der Waals surface area contributed by atoms with Crippen molar-refractivity contribution in [2.45, 2.75) is 13.0 Å². The van der Waals surface area contributed by atoms with E-state index >= 15 is 0 Å². The van der Waals surface area contributed by atoms with Gasteiger partial charge in [-0.15, -0.1) is 0 Å². The molecule has 4 heteroatoms. The molecule has 1 amide bonds. The lowest BCUT2D eigenvalue weighted by atomic mass is 10.4. The molecule has 54 valence electrons. The Labute approximate surface area is 62.6 Å². The maximum Gasteiger partial charge on any atom is 0.230 e. The van der Waals surface area contributed by atoms with Crippen LogP contribution in [0.4, 0.5) is 0 Å². The van der Waals surface area contributed by atoms with E-state index in [9.17, 15) is 4.79 Å². The molecule has 1 atom stereocenters. The van der Waals surface area contributed by atoms with Crippen LogP contribution >= 0.6 is 15.9 Å². The minimum Gasteiger partial charge on any atom is -0.394 e. The predicted octanol–water partition coefficient (Wildman–Crippen LogP) is -0.122. The average Bonchev–Trinajstić information content (AvgIpc) is 1.87. The van der Waals surface area contributed by atoms with E-state index in [1.807, 2.05) is 0 Å². The molecule has 3 nitrogen and oxygen atoms in total. The second kappa shape index (κ2) is 4.76. The number of halogens is 1. The zero-order valence-electron chi connectivity index (χ0n) is 5.22. The van der Waals surface area contributed by atoms with Crippen molar-refractivity contribution in [3.63, 3.8) is 0 Å². The monoisotopic (exact) mass is 195 g/mol. The number of alkyl halides is 1. The summed E-state index contributed by atoms with van der Waals surface area (Å²) < 4.78 is 0. The highest BCUT2D eigenvalue weighted by Crippen LogP contribution is 1.82. The van der Waals surface area contributed by atoms with Crippen LogP contribution in [0.5, 0.6) is 0 Å². The number of hydrogen-bond donors (Lipinski definition) is 2. The molecule has 0 aromatic carbocycles. The average molecular weight is 196 g/mol. The molecule has 2 N–H and O–H groups in total. The fourth-order valence-electron chi connectivity index (χ4n) is 0.359. The molecule has 0 aliphatic heterocycles. The van der Waals surface area contributed by atoms with Crippen LogP contribution in [0.3, 0.4) is 0 Å². The summed E-state index contributed by atoms with van der Waals surface area (Å²) in [6.07, 6.45) is 0. The van der Waals surface area contributed by atoms with Crippen LogP contribution in [0, 0.1) is 0 Å². The van der Waals surface area contributed by atoms with Gasteiger partial charge in [-0.2, -0.15) is 0 Å². The Balaban J connectivity index is 3.34. The quantitative estimate of drug-likeness (QED) is 0.618. The normalized spacial score (nSPS) is 12.8. The first-order chi connectivity index (χ1) is 4.20. The molecule has 0 saturated heterocycles. The molecular formula is C5H10BrNO2.